The second kappa shape index (κ2) is 8.12. The number of hydrogen-bond acceptors (Lipinski definition) is 7. The molecule has 0 radical (unpaired) electrons. The second-order valence-electron chi connectivity index (χ2n) is 5.65. The van der Waals surface area contributed by atoms with E-state index in [2.05, 4.69) is 21.0 Å². The molecule has 142 valence electrons. The first-order valence-electron chi connectivity index (χ1n) is 8.25. The minimum absolute atomic E-state index is 0.0694. The van der Waals surface area contributed by atoms with Crippen molar-refractivity contribution < 1.29 is 18.4 Å². The third kappa shape index (κ3) is 4.22. The van der Waals surface area contributed by atoms with Crippen LogP contribution in [0.25, 0.3) is 11.6 Å². The van der Waals surface area contributed by atoms with Gasteiger partial charge < -0.3 is 8.83 Å². The normalized spacial score (nSPS) is 10.8. The average Bonchev–Trinajstić information content (AvgIpc) is 3.36. The molecule has 0 aliphatic rings. The van der Waals surface area contributed by atoms with E-state index < -0.39 is 5.91 Å². The van der Waals surface area contributed by atoms with Gasteiger partial charge in [-0.1, -0.05) is 11.8 Å². The Morgan fingerprint density at radius 3 is 2.70 bits per heavy atom. The zero-order valence-electron chi connectivity index (χ0n) is 15.1. The quantitative estimate of drug-likeness (QED) is 0.491. The Hall–Kier alpha value is -3.01. The maximum atomic E-state index is 12.1. The van der Waals surface area contributed by atoms with E-state index in [1.807, 2.05) is 11.5 Å². The molecule has 0 saturated heterocycles. The highest BCUT2D eigenvalue weighted by Crippen LogP contribution is 2.24. The summed E-state index contributed by atoms with van der Waals surface area (Å²) in [5.41, 5.74) is 5.14. The summed E-state index contributed by atoms with van der Waals surface area (Å²) in [5, 5.41) is 8.82. The standard InChI is InChI=1S/C17H19N5O4S/c1-4-22-15(13-6-5-7-25-13)19-21-17(22)27-9-14(23)18-20-16(24)12-8-10(2)26-11(12)3/h5-8H,4,9H2,1-3H3,(H,18,23)(H,20,24). The second-order valence-corrected chi connectivity index (χ2v) is 6.59. The molecule has 0 unspecified atom stereocenters. The molecule has 3 heterocycles. The molecule has 0 aromatic carbocycles. The molecular formula is C17H19N5O4S. The maximum Gasteiger partial charge on any atom is 0.273 e. The van der Waals surface area contributed by atoms with E-state index >= 15 is 0 Å². The smallest absolute Gasteiger partial charge is 0.273 e. The summed E-state index contributed by atoms with van der Waals surface area (Å²) >= 11 is 1.22. The van der Waals surface area contributed by atoms with Crippen LogP contribution in [0.5, 0.6) is 0 Å². The van der Waals surface area contributed by atoms with Gasteiger partial charge in [-0.25, -0.2) is 0 Å². The zero-order chi connectivity index (χ0) is 19.4. The Morgan fingerprint density at radius 1 is 1.26 bits per heavy atom. The van der Waals surface area contributed by atoms with Crippen molar-refractivity contribution in [2.75, 3.05) is 5.75 Å². The van der Waals surface area contributed by atoms with Crippen LogP contribution in [-0.4, -0.2) is 32.3 Å². The van der Waals surface area contributed by atoms with Crippen LogP contribution in [0.1, 0.15) is 28.8 Å². The number of aromatic nitrogens is 3. The Bertz CT molecular complexity index is 945. The van der Waals surface area contributed by atoms with E-state index in [0.29, 0.717) is 40.4 Å². The van der Waals surface area contributed by atoms with Gasteiger partial charge in [0, 0.05) is 6.54 Å². The lowest BCUT2D eigenvalue weighted by Gasteiger charge is -2.07. The summed E-state index contributed by atoms with van der Waals surface area (Å²) in [6.45, 7) is 6.02. The van der Waals surface area contributed by atoms with Gasteiger partial charge in [0.05, 0.1) is 17.6 Å². The highest BCUT2D eigenvalue weighted by Gasteiger charge is 2.17. The summed E-state index contributed by atoms with van der Waals surface area (Å²) in [5.74, 6) is 1.61. The SMILES string of the molecule is CCn1c(SCC(=O)NNC(=O)c2cc(C)oc2C)nnc1-c1ccco1. The largest absolute Gasteiger partial charge is 0.466 e. The van der Waals surface area contributed by atoms with E-state index in [9.17, 15) is 9.59 Å². The molecule has 3 aromatic heterocycles. The topological polar surface area (TPSA) is 115 Å². The predicted octanol–water partition coefficient (Wildman–Crippen LogP) is 2.32. The lowest BCUT2D eigenvalue weighted by atomic mass is 10.2. The van der Waals surface area contributed by atoms with Crippen LogP contribution >= 0.6 is 11.8 Å². The van der Waals surface area contributed by atoms with Crippen LogP contribution in [-0.2, 0) is 11.3 Å². The fourth-order valence-corrected chi connectivity index (χ4v) is 3.29. The minimum atomic E-state index is -0.431. The van der Waals surface area contributed by atoms with Crippen molar-refractivity contribution in [3.8, 4) is 11.6 Å². The Morgan fingerprint density at radius 2 is 2.07 bits per heavy atom. The lowest BCUT2D eigenvalue weighted by Crippen LogP contribution is -2.42. The monoisotopic (exact) mass is 389 g/mol. The fraction of sp³-hybridized carbons (Fsp3) is 0.294. The van der Waals surface area contributed by atoms with Crippen LogP contribution in [0.4, 0.5) is 0 Å². The number of carbonyl (C=O) groups is 2. The van der Waals surface area contributed by atoms with Gasteiger partial charge in [-0.15, -0.1) is 10.2 Å². The summed E-state index contributed by atoms with van der Waals surface area (Å²) in [6.07, 6.45) is 1.57. The van der Waals surface area contributed by atoms with E-state index in [-0.39, 0.29) is 11.7 Å². The van der Waals surface area contributed by atoms with Crippen molar-refractivity contribution in [3.63, 3.8) is 0 Å². The van der Waals surface area contributed by atoms with E-state index in [0.717, 1.165) is 0 Å². The highest BCUT2D eigenvalue weighted by atomic mass is 32.2. The van der Waals surface area contributed by atoms with Crippen molar-refractivity contribution in [1.82, 2.24) is 25.6 Å². The molecule has 0 fully saturated rings. The molecule has 0 aliphatic carbocycles. The molecular weight excluding hydrogens is 370 g/mol. The zero-order valence-corrected chi connectivity index (χ0v) is 15.9. The van der Waals surface area contributed by atoms with Gasteiger partial charge in [0.1, 0.15) is 11.5 Å². The number of thioether (sulfide) groups is 1. The van der Waals surface area contributed by atoms with Crippen LogP contribution in [0, 0.1) is 13.8 Å². The number of carbonyl (C=O) groups excluding carboxylic acids is 2. The van der Waals surface area contributed by atoms with Crippen LogP contribution in [0.2, 0.25) is 0 Å². The third-order valence-electron chi connectivity index (χ3n) is 3.71. The molecule has 2 N–H and O–H groups in total. The third-order valence-corrected chi connectivity index (χ3v) is 4.67. The number of hydrogen-bond donors (Lipinski definition) is 2. The van der Waals surface area contributed by atoms with Gasteiger partial charge in [0.25, 0.3) is 5.91 Å². The molecule has 10 heteroatoms. The Labute approximate surface area is 159 Å². The van der Waals surface area contributed by atoms with Crippen molar-refractivity contribution >= 4 is 23.6 Å². The first kappa shape index (κ1) is 18.8. The Balaban J connectivity index is 1.55. The number of rotatable bonds is 6. The van der Waals surface area contributed by atoms with E-state index in [1.165, 1.54) is 11.8 Å². The van der Waals surface area contributed by atoms with Crippen LogP contribution in [0.15, 0.2) is 38.5 Å². The van der Waals surface area contributed by atoms with E-state index in [1.54, 1.807) is 38.3 Å². The fourth-order valence-electron chi connectivity index (χ4n) is 2.48. The minimum Gasteiger partial charge on any atom is -0.466 e. The summed E-state index contributed by atoms with van der Waals surface area (Å²) in [6, 6.07) is 5.19. The number of aryl methyl sites for hydroxylation is 2. The molecule has 27 heavy (non-hydrogen) atoms. The van der Waals surface area contributed by atoms with Crippen molar-refractivity contribution in [2.24, 2.45) is 0 Å². The van der Waals surface area contributed by atoms with Crippen molar-refractivity contribution in [3.05, 3.63) is 41.5 Å². The van der Waals surface area contributed by atoms with Gasteiger partial charge in [-0.05, 0) is 39.0 Å². The lowest BCUT2D eigenvalue weighted by molar-refractivity contribution is -0.119. The predicted molar refractivity (Wildman–Crippen MR) is 97.9 cm³/mol. The first-order valence-corrected chi connectivity index (χ1v) is 9.24. The molecule has 9 nitrogen and oxygen atoms in total. The van der Waals surface area contributed by atoms with Gasteiger partial charge in [-0.2, -0.15) is 0 Å². The number of hydrazine groups is 1. The van der Waals surface area contributed by atoms with Gasteiger partial charge >= 0.3 is 0 Å². The molecule has 2 amide bonds. The van der Waals surface area contributed by atoms with Crippen LogP contribution < -0.4 is 10.9 Å². The number of amides is 2. The van der Waals surface area contributed by atoms with Gasteiger partial charge in [-0.3, -0.25) is 25.0 Å². The summed E-state index contributed by atoms with van der Waals surface area (Å²) in [4.78, 5) is 24.1. The molecule has 0 spiro atoms. The molecule has 0 aliphatic heterocycles. The van der Waals surface area contributed by atoms with E-state index in [4.69, 9.17) is 8.83 Å². The average molecular weight is 389 g/mol. The Kier molecular flexibility index (Phi) is 5.65. The van der Waals surface area contributed by atoms with Crippen molar-refractivity contribution in [2.45, 2.75) is 32.5 Å². The first-order chi connectivity index (χ1) is 13.0. The number of furan rings is 2. The molecule has 0 saturated carbocycles. The molecule has 3 rings (SSSR count). The molecule has 0 atom stereocenters. The van der Waals surface area contributed by atoms with Crippen molar-refractivity contribution in [1.29, 1.82) is 0 Å². The van der Waals surface area contributed by atoms with Gasteiger partial charge in [0.2, 0.25) is 5.91 Å². The maximum absolute atomic E-state index is 12.1. The number of nitrogens with zero attached hydrogens (tertiary/aromatic N) is 3. The molecule has 0 bridgehead atoms. The summed E-state index contributed by atoms with van der Waals surface area (Å²) in [7, 11) is 0. The van der Waals surface area contributed by atoms with Gasteiger partial charge in [0.15, 0.2) is 16.7 Å². The highest BCUT2D eigenvalue weighted by molar-refractivity contribution is 7.99. The molecule has 3 aromatic rings. The van der Waals surface area contributed by atoms with Crippen LogP contribution in [0.3, 0.4) is 0 Å². The summed E-state index contributed by atoms with van der Waals surface area (Å²) < 4.78 is 12.5. The number of nitrogens with one attached hydrogen (secondary N) is 2.